The highest BCUT2D eigenvalue weighted by Crippen LogP contribution is 2.03. The van der Waals surface area contributed by atoms with Gasteiger partial charge >= 0.3 is 0 Å². The number of rotatable bonds is 5. The number of nitrogens with one attached hydrogen (secondary N) is 1. The fraction of sp³-hybridized carbons (Fsp3) is 0.625. The predicted octanol–water partition coefficient (Wildman–Crippen LogP) is 1.69. The van der Waals surface area contributed by atoms with Crippen molar-refractivity contribution in [3.8, 4) is 0 Å². The van der Waals surface area contributed by atoms with Crippen LogP contribution < -0.4 is 5.32 Å². The van der Waals surface area contributed by atoms with E-state index in [1.807, 2.05) is 11.6 Å². The quantitative estimate of drug-likeness (QED) is 0.680. The molecule has 2 nitrogen and oxygen atoms in total. The molecule has 0 aliphatic heterocycles. The van der Waals surface area contributed by atoms with Crippen LogP contribution in [0.5, 0.6) is 0 Å². The first kappa shape index (κ1) is 8.68. The van der Waals surface area contributed by atoms with Gasteiger partial charge in [-0.15, -0.1) is 11.3 Å². The Morgan fingerprint density at radius 3 is 3.09 bits per heavy atom. The molecule has 0 amide bonds. The van der Waals surface area contributed by atoms with Crippen molar-refractivity contribution in [3.05, 3.63) is 16.6 Å². The molecule has 1 N–H and O–H groups in total. The second-order valence-corrected chi connectivity index (χ2v) is 3.40. The third-order valence-corrected chi connectivity index (χ3v) is 2.27. The first-order valence-corrected chi connectivity index (χ1v) is 4.90. The maximum Gasteiger partial charge on any atom is 0.0937 e. The molecule has 0 saturated heterocycles. The summed E-state index contributed by atoms with van der Waals surface area (Å²) in [6.07, 6.45) is 4.13. The zero-order valence-electron chi connectivity index (χ0n) is 6.84. The molecule has 62 valence electrons. The smallest absolute Gasteiger partial charge is 0.0937 e. The Labute approximate surface area is 71.7 Å². The van der Waals surface area contributed by atoms with Crippen molar-refractivity contribution in [3.63, 3.8) is 0 Å². The molecule has 0 bridgehead atoms. The van der Waals surface area contributed by atoms with Crippen LogP contribution in [0.1, 0.15) is 18.4 Å². The molecule has 0 atom stereocenters. The van der Waals surface area contributed by atoms with E-state index in [4.69, 9.17) is 0 Å². The van der Waals surface area contributed by atoms with E-state index in [0.29, 0.717) is 0 Å². The molecule has 0 aliphatic rings. The van der Waals surface area contributed by atoms with Crippen LogP contribution in [0.3, 0.4) is 0 Å². The minimum Gasteiger partial charge on any atom is -0.316 e. The van der Waals surface area contributed by atoms with Crippen LogP contribution in [0, 0.1) is 0 Å². The van der Waals surface area contributed by atoms with E-state index in [1.54, 1.807) is 11.3 Å². The molecule has 0 aliphatic carbocycles. The van der Waals surface area contributed by atoms with Gasteiger partial charge in [0, 0.05) is 24.5 Å². The van der Waals surface area contributed by atoms with E-state index in [2.05, 4.69) is 17.2 Å². The van der Waals surface area contributed by atoms with E-state index in [0.717, 1.165) is 19.5 Å². The second kappa shape index (κ2) is 5.27. The first-order chi connectivity index (χ1) is 5.43. The zero-order valence-corrected chi connectivity index (χ0v) is 7.66. The molecule has 0 aromatic carbocycles. The molecule has 0 spiro atoms. The summed E-state index contributed by atoms with van der Waals surface area (Å²) in [7, 11) is 0. The fourth-order valence-electron chi connectivity index (χ4n) is 0.874. The molecule has 1 heterocycles. The highest BCUT2D eigenvalue weighted by Gasteiger charge is 1.92. The van der Waals surface area contributed by atoms with Gasteiger partial charge in [0.15, 0.2) is 0 Å². The Morgan fingerprint density at radius 2 is 2.45 bits per heavy atom. The molecule has 11 heavy (non-hydrogen) atoms. The fourth-order valence-corrected chi connectivity index (χ4v) is 1.49. The second-order valence-electron chi connectivity index (χ2n) is 2.43. The van der Waals surface area contributed by atoms with E-state index in [1.165, 1.54) is 11.4 Å². The van der Waals surface area contributed by atoms with Crippen LogP contribution in [0.25, 0.3) is 0 Å². The lowest BCUT2D eigenvalue weighted by atomic mass is 10.4. The standard InChI is InChI=1S/C8H14N2S/c1-2-4-9-5-3-8-10-6-7-11-8/h6-7,9H,2-5H2,1H3. The van der Waals surface area contributed by atoms with Crippen LogP contribution in [-0.2, 0) is 6.42 Å². The average Bonchev–Trinajstić information content (AvgIpc) is 2.50. The molecule has 1 aromatic rings. The Morgan fingerprint density at radius 1 is 1.55 bits per heavy atom. The largest absolute Gasteiger partial charge is 0.316 e. The average molecular weight is 170 g/mol. The van der Waals surface area contributed by atoms with Gasteiger partial charge in [0.05, 0.1) is 5.01 Å². The molecular weight excluding hydrogens is 156 g/mol. The van der Waals surface area contributed by atoms with Crippen LogP contribution in [0.15, 0.2) is 11.6 Å². The maximum absolute atomic E-state index is 4.19. The Bertz CT molecular complexity index is 172. The van der Waals surface area contributed by atoms with E-state index >= 15 is 0 Å². The number of hydrogen-bond acceptors (Lipinski definition) is 3. The van der Waals surface area contributed by atoms with E-state index in [-0.39, 0.29) is 0 Å². The zero-order chi connectivity index (χ0) is 7.94. The van der Waals surface area contributed by atoms with Crippen molar-refractivity contribution < 1.29 is 0 Å². The lowest BCUT2D eigenvalue weighted by Crippen LogP contribution is -2.17. The minimum atomic E-state index is 1.06. The van der Waals surface area contributed by atoms with Crippen molar-refractivity contribution in [1.82, 2.24) is 10.3 Å². The highest BCUT2D eigenvalue weighted by atomic mass is 32.1. The van der Waals surface area contributed by atoms with Crippen LogP contribution >= 0.6 is 11.3 Å². The van der Waals surface area contributed by atoms with Crippen molar-refractivity contribution >= 4 is 11.3 Å². The lowest BCUT2D eigenvalue weighted by Gasteiger charge is -1.98. The molecule has 1 rings (SSSR count). The third kappa shape index (κ3) is 3.49. The summed E-state index contributed by atoms with van der Waals surface area (Å²) >= 11 is 1.73. The number of thiazole rings is 1. The maximum atomic E-state index is 4.19. The first-order valence-electron chi connectivity index (χ1n) is 4.02. The molecule has 0 radical (unpaired) electrons. The van der Waals surface area contributed by atoms with Gasteiger partial charge in [-0.05, 0) is 13.0 Å². The minimum absolute atomic E-state index is 1.06. The van der Waals surface area contributed by atoms with E-state index in [9.17, 15) is 0 Å². The number of aromatic nitrogens is 1. The van der Waals surface area contributed by atoms with Crippen LogP contribution in [0.2, 0.25) is 0 Å². The van der Waals surface area contributed by atoms with Crippen molar-refractivity contribution in [2.45, 2.75) is 19.8 Å². The Kier molecular flexibility index (Phi) is 4.16. The summed E-state index contributed by atoms with van der Waals surface area (Å²) < 4.78 is 0. The molecular formula is C8H14N2S. The van der Waals surface area contributed by atoms with Gasteiger partial charge in [0.2, 0.25) is 0 Å². The van der Waals surface area contributed by atoms with Crippen LogP contribution in [0.4, 0.5) is 0 Å². The summed E-state index contributed by atoms with van der Waals surface area (Å²) in [6.45, 7) is 4.35. The molecule has 0 saturated carbocycles. The molecule has 0 fully saturated rings. The summed E-state index contributed by atoms with van der Waals surface area (Å²) in [5, 5.41) is 6.59. The monoisotopic (exact) mass is 170 g/mol. The van der Waals surface area contributed by atoms with Gasteiger partial charge in [0.1, 0.15) is 0 Å². The van der Waals surface area contributed by atoms with Crippen molar-refractivity contribution in [1.29, 1.82) is 0 Å². The van der Waals surface area contributed by atoms with Gasteiger partial charge in [-0.1, -0.05) is 6.92 Å². The van der Waals surface area contributed by atoms with E-state index < -0.39 is 0 Å². The predicted molar refractivity (Wildman–Crippen MR) is 49.0 cm³/mol. The van der Waals surface area contributed by atoms with Gasteiger partial charge in [0.25, 0.3) is 0 Å². The Balaban J connectivity index is 2.04. The van der Waals surface area contributed by atoms with Gasteiger partial charge < -0.3 is 5.32 Å². The third-order valence-electron chi connectivity index (χ3n) is 1.43. The van der Waals surface area contributed by atoms with Gasteiger partial charge in [-0.2, -0.15) is 0 Å². The summed E-state index contributed by atoms with van der Waals surface area (Å²) in [6, 6.07) is 0. The number of nitrogens with zero attached hydrogens (tertiary/aromatic N) is 1. The van der Waals surface area contributed by atoms with Gasteiger partial charge in [-0.3, -0.25) is 0 Å². The molecule has 0 unspecified atom stereocenters. The molecule has 1 aromatic heterocycles. The van der Waals surface area contributed by atoms with Crippen LogP contribution in [-0.4, -0.2) is 18.1 Å². The normalized spacial score (nSPS) is 10.3. The summed E-state index contributed by atoms with van der Waals surface area (Å²) in [5.74, 6) is 0. The SMILES string of the molecule is CCCNCCc1nccs1. The van der Waals surface area contributed by atoms with Crippen molar-refractivity contribution in [2.24, 2.45) is 0 Å². The number of hydrogen-bond donors (Lipinski definition) is 1. The lowest BCUT2D eigenvalue weighted by molar-refractivity contribution is 0.670. The van der Waals surface area contributed by atoms with Gasteiger partial charge in [-0.25, -0.2) is 4.98 Å². The summed E-state index contributed by atoms with van der Waals surface area (Å²) in [4.78, 5) is 4.19. The highest BCUT2D eigenvalue weighted by molar-refractivity contribution is 7.09. The van der Waals surface area contributed by atoms with Crippen molar-refractivity contribution in [2.75, 3.05) is 13.1 Å². The molecule has 3 heteroatoms. The topological polar surface area (TPSA) is 24.9 Å². The summed E-state index contributed by atoms with van der Waals surface area (Å²) in [5.41, 5.74) is 0. The Hall–Kier alpha value is -0.410.